The monoisotopic (exact) mass is 700 g/mol. The minimum absolute atomic E-state index is 0.0441. The molecule has 5 aromatic rings. The van der Waals surface area contributed by atoms with Gasteiger partial charge in [0.15, 0.2) is 23.2 Å². The number of rotatable bonds is 8. The molecule has 2 atom stereocenters. The standard InChI is InChI=1S/C37H35F3N6O5/c1-3-25-28(39)9-8-22-14-24(48-19-29-21(2)50-36(47)51-29)15-26(30(22)25)32-31(40)33-27(17-41-32)34(46-13-6-4-5-11-42-46)44-35(43-33)49-20-37-10-7-12-45(37)18-23(38)16-37/h1,8-9,14-15,17,23,42H,4-7,10-13,16,18-20H2,2H3/t23-,37+/m1/s1. The molecule has 14 heteroatoms. The summed E-state index contributed by atoms with van der Waals surface area (Å²) in [6.07, 6.45) is 11.3. The van der Waals surface area contributed by atoms with Gasteiger partial charge in [0.05, 0.1) is 16.5 Å². The van der Waals surface area contributed by atoms with Crippen LogP contribution in [-0.2, 0) is 6.61 Å². The van der Waals surface area contributed by atoms with Crippen LogP contribution in [-0.4, -0.2) is 64.3 Å². The number of nitrogens with zero attached hydrogens (tertiary/aromatic N) is 5. The Kier molecular flexibility index (Phi) is 8.55. The number of aryl methyl sites for hydroxylation is 1. The maximum absolute atomic E-state index is 17.1. The highest BCUT2D eigenvalue weighted by atomic mass is 19.1. The topological polar surface area (TPSA) is 119 Å². The summed E-state index contributed by atoms with van der Waals surface area (Å²) in [6.45, 7) is 4.03. The number of hydrogen-bond donors (Lipinski definition) is 1. The molecular formula is C37H35F3N6O5. The maximum atomic E-state index is 17.1. The van der Waals surface area contributed by atoms with Crippen LogP contribution in [0.3, 0.4) is 0 Å². The minimum atomic E-state index is -0.941. The summed E-state index contributed by atoms with van der Waals surface area (Å²) in [5.41, 5.74) is 2.79. The number of ether oxygens (including phenoxy) is 2. The van der Waals surface area contributed by atoms with Crippen LogP contribution in [0.15, 0.2) is 44.1 Å². The van der Waals surface area contributed by atoms with E-state index in [1.54, 1.807) is 13.0 Å². The largest absolute Gasteiger partial charge is 0.519 e. The second-order valence-electron chi connectivity index (χ2n) is 13.4. The molecule has 1 N–H and O–H groups in total. The lowest BCUT2D eigenvalue weighted by Crippen LogP contribution is -2.43. The summed E-state index contributed by atoms with van der Waals surface area (Å²) >= 11 is 0. The number of aromatic nitrogens is 3. The van der Waals surface area contributed by atoms with E-state index in [0.717, 1.165) is 38.6 Å². The van der Waals surface area contributed by atoms with Crippen LogP contribution in [0.2, 0.25) is 0 Å². The number of hydrazine groups is 1. The third-order valence-electron chi connectivity index (χ3n) is 10.1. The fourth-order valence-corrected chi connectivity index (χ4v) is 7.65. The number of fused-ring (bicyclic) bond motifs is 3. The summed E-state index contributed by atoms with van der Waals surface area (Å²) in [4.78, 5) is 27.6. The van der Waals surface area contributed by atoms with Gasteiger partial charge >= 0.3 is 11.8 Å². The Morgan fingerprint density at radius 3 is 2.82 bits per heavy atom. The predicted molar refractivity (Wildman–Crippen MR) is 182 cm³/mol. The average Bonchev–Trinajstić information content (AvgIpc) is 3.66. The van der Waals surface area contributed by atoms with Crippen LogP contribution in [0.4, 0.5) is 19.0 Å². The molecule has 0 saturated carbocycles. The number of anilines is 1. The van der Waals surface area contributed by atoms with Crippen molar-refractivity contribution in [3.05, 3.63) is 69.8 Å². The highest BCUT2D eigenvalue weighted by Crippen LogP contribution is 2.42. The van der Waals surface area contributed by atoms with Crippen molar-refractivity contribution in [2.24, 2.45) is 0 Å². The lowest BCUT2D eigenvalue weighted by atomic mass is 9.95. The normalized spacial score (nSPS) is 20.8. The Hall–Kier alpha value is -5.13. The summed E-state index contributed by atoms with van der Waals surface area (Å²) in [5.74, 6) is 1.17. The maximum Gasteiger partial charge on any atom is 0.519 e. The number of alkyl halides is 1. The van der Waals surface area contributed by atoms with Gasteiger partial charge in [0.2, 0.25) is 0 Å². The van der Waals surface area contributed by atoms with Gasteiger partial charge < -0.3 is 18.3 Å². The molecule has 3 fully saturated rings. The van der Waals surface area contributed by atoms with E-state index in [1.807, 2.05) is 5.01 Å². The van der Waals surface area contributed by atoms with Crippen molar-refractivity contribution in [2.45, 2.75) is 63.8 Å². The molecule has 3 aromatic heterocycles. The predicted octanol–water partition coefficient (Wildman–Crippen LogP) is 5.99. The van der Waals surface area contributed by atoms with Gasteiger partial charge in [-0.15, -0.1) is 6.42 Å². The molecular weight excluding hydrogens is 665 g/mol. The Bertz CT molecular complexity index is 2240. The molecule has 0 aliphatic carbocycles. The molecule has 0 spiro atoms. The number of benzene rings is 2. The molecule has 51 heavy (non-hydrogen) atoms. The zero-order valence-corrected chi connectivity index (χ0v) is 27.9. The molecule has 2 aromatic carbocycles. The number of terminal acetylenes is 1. The van der Waals surface area contributed by atoms with Crippen molar-refractivity contribution in [3.63, 3.8) is 0 Å². The van der Waals surface area contributed by atoms with Crippen LogP contribution in [0.5, 0.6) is 11.8 Å². The van der Waals surface area contributed by atoms with E-state index in [0.29, 0.717) is 42.6 Å². The SMILES string of the molecule is C#Cc1c(F)ccc2cc(OCc3oc(=O)oc3C)cc(-c3ncc4c(N5CCCCCN5)nc(OC[C@@]56CCCN5C[C@H](F)C6)nc4c3F)c12. The van der Waals surface area contributed by atoms with Gasteiger partial charge in [0.1, 0.15) is 42.2 Å². The zero-order chi connectivity index (χ0) is 35.3. The van der Waals surface area contributed by atoms with Crippen molar-refractivity contribution in [1.29, 1.82) is 0 Å². The second-order valence-corrected chi connectivity index (χ2v) is 13.4. The van der Waals surface area contributed by atoms with Gasteiger partial charge in [-0.05, 0) is 62.7 Å². The molecule has 3 aliphatic heterocycles. The van der Waals surface area contributed by atoms with E-state index in [1.165, 1.54) is 24.4 Å². The quantitative estimate of drug-likeness (QED) is 0.193. The molecule has 264 valence electrons. The Morgan fingerprint density at radius 1 is 1.12 bits per heavy atom. The van der Waals surface area contributed by atoms with Crippen molar-refractivity contribution in [3.8, 4) is 35.4 Å². The van der Waals surface area contributed by atoms with Crippen LogP contribution in [0.25, 0.3) is 32.9 Å². The Morgan fingerprint density at radius 2 is 2.00 bits per heavy atom. The highest BCUT2D eigenvalue weighted by Gasteiger charge is 2.49. The first kappa shape index (κ1) is 33.0. The van der Waals surface area contributed by atoms with Crippen LogP contribution >= 0.6 is 0 Å². The molecule has 11 nitrogen and oxygen atoms in total. The molecule has 3 saturated heterocycles. The first-order valence-electron chi connectivity index (χ1n) is 17.1. The summed E-state index contributed by atoms with van der Waals surface area (Å²) in [7, 11) is 0. The lowest BCUT2D eigenvalue weighted by molar-refractivity contribution is 0.107. The first-order chi connectivity index (χ1) is 24.7. The van der Waals surface area contributed by atoms with Gasteiger partial charge in [-0.1, -0.05) is 18.4 Å². The van der Waals surface area contributed by atoms with E-state index in [-0.39, 0.29) is 64.2 Å². The van der Waals surface area contributed by atoms with E-state index in [4.69, 9.17) is 29.7 Å². The molecule has 0 amide bonds. The molecule has 3 aliphatic rings. The fourth-order valence-electron chi connectivity index (χ4n) is 7.65. The Balaban J connectivity index is 1.26. The van der Waals surface area contributed by atoms with Crippen LogP contribution in [0, 0.1) is 30.9 Å². The number of hydrogen-bond acceptors (Lipinski definition) is 11. The van der Waals surface area contributed by atoms with Gasteiger partial charge in [-0.25, -0.2) is 23.4 Å². The smallest absolute Gasteiger partial charge is 0.485 e. The lowest BCUT2D eigenvalue weighted by Gasteiger charge is -2.31. The minimum Gasteiger partial charge on any atom is -0.485 e. The van der Waals surface area contributed by atoms with Gasteiger partial charge in [0.25, 0.3) is 0 Å². The van der Waals surface area contributed by atoms with E-state index < -0.39 is 29.2 Å². The van der Waals surface area contributed by atoms with E-state index in [2.05, 4.69) is 26.2 Å². The zero-order valence-electron chi connectivity index (χ0n) is 27.9. The van der Waals surface area contributed by atoms with Crippen molar-refractivity contribution < 1.29 is 31.5 Å². The van der Waals surface area contributed by atoms with Crippen LogP contribution in [0.1, 0.15) is 55.6 Å². The molecule has 8 rings (SSSR count). The third kappa shape index (κ3) is 6.04. The fraction of sp³-hybridized carbons (Fsp3) is 0.405. The van der Waals surface area contributed by atoms with Gasteiger partial charge in [-0.2, -0.15) is 9.97 Å². The van der Waals surface area contributed by atoms with Gasteiger partial charge in [0, 0.05) is 43.2 Å². The summed E-state index contributed by atoms with van der Waals surface area (Å²) in [6, 6.07) is 5.83. The Labute approximate surface area is 290 Å². The van der Waals surface area contributed by atoms with Crippen molar-refractivity contribution in [1.82, 2.24) is 25.3 Å². The third-order valence-corrected chi connectivity index (χ3v) is 10.1. The molecule has 0 radical (unpaired) electrons. The molecule has 6 heterocycles. The van der Waals surface area contributed by atoms with E-state index >= 15 is 8.78 Å². The number of halogens is 3. The summed E-state index contributed by atoms with van der Waals surface area (Å²) < 4.78 is 69.0. The van der Waals surface area contributed by atoms with Crippen molar-refractivity contribution in [2.75, 3.05) is 37.8 Å². The molecule has 0 bridgehead atoms. The first-order valence-corrected chi connectivity index (χ1v) is 17.1. The number of nitrogens with one attached hydrogen (secondary N) is 1. The van der Waals surface area contributed by atoms with Gasteiger partial charge in [-0.3, -0.25) is 14.9 Å². The second kappa shape index (κ2) is 13.2. The molecule has 0 unspecified atom stereocenters. The van der Waals surface area contributed by atoms with E-state index in [9.17, 15) is 9.18 Å². The summed E-state index contributed by atoms with van der Waals surface area (Å²) in [5, 5.41) is 2.93. The van der Waals surface area contributed by atoms with Crippen LogP contribution < -0.4 is 25.7 Å². The number of pyridine rings is 1. The highest BCUT2D eigenvalue weighted by molar-refractivity contribution is 6.03. The van der Waals surface area contributed by atoms with Crippen molar-refractivity contribution >= 4 is 27.5 Å². The average molecular weight is 701 g/mol.